The summed E-state index contributed by atoms with van der Waals surface area (Å²) in [5.41, 5.74) is 8.99. The number of nitrogens with zero attached hydrogens (tertiary/aromatic N) is 4. The quantitative estimate of drug-likeness (QED) is 0.182. The van der Waals surface area contributed by atoms with Crippen LogP contribution in [-0.2, 0) is 0 Å². The first-order chi connectivity index (χ1) is 24.8. The molecule has 50 heavy (non-hydrogen) atoms. The van der Waals surface area contributed by atoms with E-state index in [4.69, 9.17) is 19.9 Å². The van der Waals surface area contributed by atoms with Gasteiger partial charge < -0.3 is 0 Å². The van der Waals surface area contributed by atoms with Crippen molar-refractivity contribution in [3.63, 3.8) is 0 Å². The molecule has 234 valence electrons. The van der Waals surface area contributed by atoms with Crippen molar-refractivity contribution in [1.82, 2.24) is 19.9 Å². The lowest BCUT2D eigenvalue weighted by Gasteiger charge is -2.09. The van der Waals surface area contributed by atoms with Crippen LogP contribution in [0, 0.1) is 0 Å². The highest BCUT2D eigenvalue weighted by Gasteiger charge is 2.19. The fraction of sp³-hybridized carbons (Fsp3) is 0. The van der Waals surface area contributed by atoms with Crippen LogP contribution in [0.1, 0.15) is 0 Å². The van der Waals surface area contributed by atoms with E-state index in [1.807, 2.05) is 42.5 Å². The predicted molar refractivity (Wildman–Crippen MR) is 211 cm³/mol. The Balaban J connectivity index is 1.16. The van der Waals surface area contributed by atoms with Crippen LogP contribution in [0.25, 0.3) is 97.0 Å². The van der Waals surface area contributed by atoms with Crippen molar-refractivity contribution in [2.45, 2.75) is 0 Å². The maximum absolute atomic E-state index is 5.29. The zero-order valence-electron chi connectivity index (χ0n) is 26.6. The van der Waals surface area contributed by atoms with E-state index in [0.29, 0.717) is 5.82 Å². The SMILES string of the molecule is c1ccc(-c2cc(-c3ccccc3)nc(-c3ccc4sc5c(-c6nc(-c7ccccc7)c7sc8ccccc8c7n6)cccc5c4c3)n2)cc1. The van der Waals surface area contributed by atoms with E-state index >= 15 is 0 Å². The lowest BCUT2D eigenvalue weighted by Crippen LogP contribution is -1.95. The van der Waals surface area contributed by atoms with Crippen molar-refractivity contribution in [2.75, 3.05) is 0 Å². The second-order valence-electron chi connectivity index (χ2n) is 12.2. The fourth-order valence-electron chi connectivity index (χ4n) is 6.71. The van der Waals surface area contributed by atoms with Crippen molar-refractivity contribution in [3.8, 4) is 56.5 Å². The molecule has 0 fully saturated rings. The Kier molecular flexibility index (Phi) is 6.82. The lowest BCUT2D eigenvalue weighted by molar-refractivity contribution is 1.18. The van der Waals surface area contributed by atoms with E-state index in [9.17, 15) is 0 Å². The van der Waals surface area contributed by atoms with Crippen LogP contribution in [0.4, 0.5) is 0 Å². The molecule has 0 atom stereocenters. The molecule has 6 aromatic carbocycles. The standard InChI is InChI=1S/C44H26N4S2/c1-4-13-27(14-5-1)35-26-36(28-15-6-2-7-16-28)46-43(45-35)30-23-24-38-34(25-30)31-20-12-21-33(41(31)49-38)44-47-39(29-17-8-3-9-18-29)42-40(48-44)32-19-10-11-22-37(32)50-42/h1-26H. The van der Waals surface area contributed by atoms with Gasteiger partial charge in [-0.05, 0) is 36.4 Å². The van der Waals surface area contributed by atoms with Crippen molar-refractivity contribution < 1.29 is 0 Å². The van der Waals surface area contributed by atoms with E-state index < -0.39 is 0 Å². The number of hydrogen-bond donors (Lipinski definition) is 0. The molecule has 10 aromatic rings. The Morgan fingerprint density at radius 2 is 0.960 bits per heavy atom. The molecule has 0 bridgehead atoms. The van der Waals surface area contributed by atoms with Crippen molar-refractivity contribution in [2.24, 2.45) is 0 Å². The summed E-state index contributed by atoms with van der Waals surface area (Å²) in [5, 5.41) is 3.51. The molecule has 0 spiro atoms. The Bertz CT molecular complexity index is 2800. The Morgan fingerprint density at radius 1 is 0.360 bits per heavy atom. The van der Waals surface area contributed by atoms with Gasteiger partial charge in [0.25, 0.3) is 0 Å². The molecule has 0 N–H and O–H groups in total. The van der Waals surface area contributed by atoms with Crippen molar-refractivity contribution in [3.05, 3.63) is 158 Å². The molecule has 4 nitrogen and oxygen atoms in total. The topological polar surface area (TPSA) is 51.6 Å². The summed E-state index contributed by atoms with van der Waals surface area (Å²) in [7, 11) is 0. The van der Waals surface area contributed by atoms with Gasteiger partial charge in [0.2, 0.25) is 0 Å². The first-order valence-electron chi connectivity index (χ1n) is 16.5. The highest BCUT2D eigenvalue weighted by Crippen LogP contribution is 2.43. The molecule has 4 heterocycles. The largest absolute Gasteiger partial charge is 0.228 e. The van der Waals surface area contributed by atoms with Crippen LogP contribution in [-0.4, -0.2) is 19.9 Å². The minimum absolute atomic E-state index is 0.702. The predicted octanol–water partition coefficient (Wildman–Crippen LogP) is 12.3. The van der Waals surface area contributed by atoms with E-state index in [1.165, 1.54) is 24.9 Å². The van der Waals surface area contributed by atoms with Gasteiger partial charge in [-0.1, -0.05) is 121 Å². The monoisotopic (exact) mass is 674 g/mol. The molecule has 0 aliphatic carbocycles. The van der Waals surface area contributed by atoms with Crippen LogP contribution in [0.5, 0.6) is 0 Å². The maximum atomic E-state index is 5.29. The molecular weight excluding hydrogens is 649 g/mol. The van der Waals surface area contributed by atoms with Gasteiger partial charge in [-0.15, -0.1) is 22.7 Å². The zero-order chi connectivity index (χ0) is 33.0. The molecule has 0 radical (unpaired) electrons. The van der Waals surface area contributed by atoms with E-state index in [0.717, 1.165) is 66.3 Å². The first kappa shape index (κ1) is 28.9. The number of fused-ring (bicyclic) bond motifs is 6. The smallest absolute Gasteiger partial charge is 0.161 e. The third-order valence-electron chi connectivity index (χ3n) is 9.13. The summed E-state index contributed by atoms with van der Waals surface area (Å²) in [6.07, 6.45) is 0. The molecule has 0 aliphatic rings. The number of aromatic nitrogens is 4. The minimum Gasteiger partial charge on any atom is -0.228 e. The van der Waals surface area contributed by atoms with Gasteiger partial charge in [-0.25, -0.2) is 19.9 Å². The molecule has 0 amide bonds. The molecule has 0 saturated carbocycles. The van der Waals surface area contributed by atoms with Gasteiger partial charge in [-0.3, -0.25) is 0 Å². The number of hydrogen-bond acceptors (Lipinski definition) is 6. The summed E-state index contributed by atoms with van der Waals surface area (Å²) in [6.45, 7) is 0. The molecule has 10 rings (SSSR count). The van der Waals surface area contributed by atoms with Gasteiger partial charge in [0.15, 0.2) is 11.6 Å². The van der Waals surface area contributed by atoms with Gasteiger partial charge in [0.05, 0.1) is 27.3 Å². The summed E-state index contributed by atoms with van der Waals surface area (Å²) < 4.78 is 4.69. The van der Waals surface area contributed by atoms with E-state index in [1.54, 1.807) is 22.7 Å². The summed E-state index contributed by atoms with van der Waals surface area (Å²) in [5.74, 6) is 1.44. The number of rotatable bonds is 5. The highest BCUT2D eigenvalue weighted by molar-refractivity contribution is 7.26. The number of thiophene rings is 2. The average molecular weight is 675 g/mol. The molecule has 0 unspecified atom stereocenters. The lowest BCUT2D eigenvalue weighted by atomic mass is 10.0. The van der Waals surface area contributed by atoms with Crippen molar-refractivity contribution >= 4 is 63.1 Å². The van der Waals surface area contributed by atoms with Crippen molar-refractivity contribution in [1.29, 1.82) is 0 Å². The molecule has 6 heteroatoms. The van der Waals surface area contributed by atoms with Crippen LogP contribution in [0.3, 0.4) is 0 Å². The van der Waals surface area contributed by atoms with Crippen LogP contribution in [0.15, 0.2) is 158 Å². The Hall–Kier alpha value is -6.08. The second-order valence-corrected chi connectivity index (χ2v) is 14.3. The Morgan fingerprint density at radius 3 is 1.68 bits per heavy atom. The normalized spacial score (nSPS) is 11.6. The molecule has 4 aromatic heterocycles. The highest BCUT2D eigenvalue weighted by atomic mass is 32.1. The third-order valence-corrected chi connectivity index (χ3v) is 11.5. The minimum atomic E-state index is 0.702. The summed E-state index contributed by atoms with van der Waals surface area (Å²) in [4.78, 5) is 20.7. The number of benzene rings is 6. The molecule has 0 saturated heterocycles. The maximum Gasteiger partial charge on any atom is 0.161 e. The van der Waals surface area contributed by atoms with E-state index in [2.05, 4.69) is 115 Å². The van der Waals surface area contributed by atoms with Gasteiger partial charge in [0.1, 0.15) is 0 Å². The first-order valence-corrected chi connectivity index (χ1v) is 18.1. The summed E-state index contributed by atoms with van der Waals surface area (Å²) in [6, 6.07) is 54.7. The Labute approximate surface area is 296 Å². The molecule has 0 aliphatic heterocycles. The molecular formula is C44H26N4S2. The fourth-order valence-corrected chi connectivity index (χ4v) is 9.05. The summed E-state index contributed by atoms with van der Waals surface area (Å²) >= 11 is 3.54. The van der Waals surface area contributed by atoms with Crippen LogP contribution < -0.4 is 0 Å². The third kappa shape index (κ3) is 4.88. The van der Waals surface area contributed by atoms with Gasteiger partial charge >= 0.3 is 0 Å². The zero-order valence-corrected chi connectivity index (χ0v) is 28.2. The van der Waals surface area contributed by atoms with E-state index in [-0.39, 0.29) is 0 Å². The van der Waals surface area contributed by atoms with Crippen LogP contribution >= 0.6 is 22.7 Å². The second kappa shape index (κ2) is 11.8. The van der Waals surface area contributed by atoms with Crippen LogP contribution in [0.2, 0.25) is 0 Å². The van der Waals surface area contributed by atoms with Gasteiger partial charge in [0, 0.05) is 58.1 Å². The van der Waals surface area contributed by atoms with Gasteiger partial charge in [-0.2, -0.15) is 0 Å². The average Bonchev–Trinajstić information content (AvgIpc) is 3.76.